The van der Waals surface area contributed by atoms with E-state index in [2.05, 4.69) is 15.3 Å². The van der Waals surface area contributed by atoms with Gasteiger partial charge in [-0.1, -0.05) is 0 Å². The van der Waals surface area contributed by atoms with Gasteiger partial charge >= 0.3 is 0 Å². The third-order valence-electron chi connectivity index (χ3n) is 4.92. The maximum Gasteiger partial charge on any atom is 0.107 e. The molecule has 1 aromatic rings. The van der Waals surface area contributed by atoms with Gasteiger partial charge in [0.15, 0.2) is 0 Å². The minimum atomic E-state index is -0.164. The summed E-state index contributed by atoms with van der Waals surface area (Å²) in [5.41, 5.74) is 1.15. The molecule has 3 rings (SSSR count). The zero-order valence-corrected chi connectivity index (χ0v) is 13.2. The summed E-state index contributed by atoms with van der Waals surface area (Å²) in [6, 6.07) is 0. The average molecular weight is 296 g/mol. The minimum Gasteiger partial charge on any atom is -0.392 e. The first-order chi connectivity index (χ1) is 9.64. The highest BCUT2D eigenvalue weighted by molar-refractivity contribution is 7.09. The van der Waals surface area contributed by atoms with Crippen molar-refractivity contribution in [1.82, 2.24) is 9.88 Å². The molecule has 112 valence electrons. The summed E-state index contributed by atoms with van der Waals surface area (Å²) in [6.45, 7) is 7.87. The Morgan fingerprint density at radius 2 is 2.25 bits per heavy atom. The van der Waals surface area contributed by atoms with E-state index in [0.29, 0.717) is 0 Å². The number of rotatable bonds is 4. The molecule has 5 heteroatoms. The number of piperidine rings is 1. The van der Waals surface area contributed by atoms with E-state index >= 15 is 0 Å². The van der Waals surface area contributed by atoms with Crippen LogP contribution in [-0.2, 0) is 11.3 Å². The van der Waals surface area contributed by atoms with Gasteiger partial charge in [-0.15, -0.1) is 11.3 Å². The zero-order valence-electron chi connectivity index (χ0n) is 12.3. The Bertz CT molecular complexity index is 452. The van der Waals surface area contributed by atoms with Crippen LogP contribution in [0.25, 0.3) is 0 Å². The first-order valence-electron chi connectivity index (χ1n) is 7.57. The molecule has 0 aromatic carbocycles. The van der Waals surface area contributed by atoms with E-state index in [1.54, 1.807) is 11.3 Å². The number of aliphatic hydroxyl groups excluding tert-OH is 1. The molecular formula is C15H24N2O2S. The molecule has 1 saturated carbocycles. The smallest absolute Gasteiger partial charge is 0.107 e. The quantitative estimate of drug-likeness (QED) is 0.925. The number of ether oxygens (including phenoxy) is 1. The number of aryl methyl sites for hydroxylation is 1. The Kier molecular flexibility index (Phi) is 4.13. The number of hydrogen-bond acceptors (Lipinski definition) is 5. The number of aliphatic hydroxyl groups is 1. The summed E-state index contributed by atoms with van der Waals surface area (Å²) in [4.78, 5) is 6.99. The SMILES string of the molecule is CCO[C@@H]1C[C@H](O)C12CCN(Cc1nc(C)cs1)CC2. The van der Waals surface area contributed by atoms with Crippen LogP contribution >= 0.6 is 11.3 Å². The normalized spacial score (nSPS) is 29.6. The van der Waals surface area contributed by atoms with E-state index in [1.165, 1.54) is 5.01 Å². The van der Waals surface area contributed by atoms with E-state index in [1.807, 2.05) is 13.8 Å². The molecule has 0 radical (unpaired) electrons. The predicted octanol–water partition coefficient (Wildman–Crippen LogP) is 2.20. The molecule has 1 aromatic heterocycles. The maximum atomic E-state index is 10.2. The molecule has 2 fully saturated rings. The molecular weight excluding hydrogens is 272 g/mol. The Morgan fingerprint density at radius 1 is 1.50 bits per heavy atom. The monoisotopic (exact) mass is 296 g/mol. The van der Waals surface area contributed by atoms with Crippen LogP contribution in [0.1, 0.15) is 36.9 Å². The summed E-state index contributed by atoms with van der Waals surface area (Å²) in [5, 5.41) is 13.5. The largest absolute Gasteiger partial charge is 0.392 e. The fraction of sp³-hybridized carbons (Fsp3) is 0.800. The summed E-state index contributed by atoms with van der Waals surface area (Å²) in [6.07, 6.45) is 3.02. The van der Waals surface area contributed by atoms with E-state index in [9.17, 15) is 5.11 Å². The summed E-state index contributed by atoms with van der Waals surface area (Å²) < 4.78 is 5.81. The Hall–Kier alpha value is -0.490. The van der Waals surface area contributed by atoms with E-state index < -0.39 is 0 Å². The molecule has 0 unspecified atom stereocenters. The van der Waals surface area contributed by atoms with Crippen molar-refractivity contribution in [2.45, 2.75) is 51.9 Å². The number of hydrogen-bond donors (Lipinski definition) is 1. The van der Waals surface area contributed by atoms with Crippen LogP contribution in [0.2, 0.25) is 0 Å². The van der Waals surface area contributed by atoms with Gasteiger partial charge in [-0.05, 0) is 39.8 Å². The molecule has 20 heavy (non-hydrogen) atoms. The van der Waals surface area contributed by atoms with Crippen molar-refractivity contribution in [2.75, 3.05) is 19.7 Å². The van der Waals surface area contributed by atoms with Gasteiger partial charge in [0.05, 0.1) is 18.8 Å². The molecule has 1 aliphatic carbocycles. The van der Waals surface area contributed by atoms with Gasteiger partial charge in [0.2, 0.25) is 0 Å². The average Bonchev–Trinajstić information content (AvgIpc) is 2.85. The van der Waals surface area contributed by atoms with Crippen LogP contribution in [0.3, 0.4) is 0 Å². The van der Waals surface area contributed by atoms with Crippen molar-refractivity contribution >= 4 is 11.3 Å². The van der Waals surface area contributed by atoms with Crippen LogP contribution in [0.5, 0.6) is 0 Å². The number of aromatic nitrogens is 1. The third kappa shape index (κ3) is 2.52. The van der Waals surface area contributed by atoms with Crippen LogP contribution in [-0.4, -0.2) is 46.9 Å². The van der Waals surface area contributed by atoms with Gasteiger partial charge in [-0.3, -0.25) is 4.90 Å². The number of nitrogens with zero attached hydrogens (tertiary/aromatic N) is 2. The fourth-order valence-electron chi connectivity index (χ4n) is 3.61. The van der Waals surface area contributed by atoms with Crippen molar-refractivity contribution in [3.8, 4) is 0 Å². The van der Waals surface area contributed by atoms with Crippen LogP contribution in [0, 0.1) is 12.3 Å². The Labute approximate surface area is 124 Å². The van der Waals surface area contributed by atoms with Crippen molar-refractivity contribution in [3.05, 3.63) is 16.1 Å². The number of thiazole rings is 1. The number of likely N-dealkylation sites (tertiary alicyclic amines) is 1. The van der Waals surface area contributed by atoms with Gasteiger partial charge in [-0.25, -0.2) is 4.98 Å². The molecule has 1 aliphatic heterocycles. The third-order valence-corrected chi connectivity index (χ3v) is 5.87. The van der Waals surface area contributed by atoms with Gasteiger partial charge in [-0.2, -0.15) is 0 Å². The lowest BCUT2D eigenvalue weighted by molar-refractivity contribution is -0.209. The van der Waals surface area contributed by atoms with Crippen molar-refractivity contribution in [1.29, 1.82) is 0 Å². The molecule has 1 spiro atoms. The standard InChI is InChI=1S/C15H24N2O2S/c1-3-19-13-8-12(18)15(13)4-6-17(7-5-15)9-14-16-11(2)10-20-14/h10,12-13,18H,3-9H2,1-2H3/t12-,13+/m0/s1. The molecule has 2 heterocycles. The first kappa shape index (κ1) is 14.4. The molecule has 1 N–H and O–H groups in total. The first-order valence-corrected chi connectivity index (χ1v) is 8.45. The molecule has 4 nitrogen and oxygen atoms in total. The Morgan fingerprint density at radius 3 is 2.80 bits per heavy atom. The summed E-state index contributed by atoms with van der Waals surface area (Å²) in [5.74, 6) is 0. The van der Waals surface area contributed by atoms with Gasteiger partial charge < -0.3 is 9.84 Å². The second-order valence-electron chi connectivity index (χ2n) is 6.09. The molecule has 0 bridgehead atoms. The highest BCUT2D eigenvalue weighted by Crippen LogP contribution is 2.51. The molecule has 1 saturated heterocycles. The molecule has 2 atom stereocenters. The van der Waals surface area contributed by atoms with E-state index in [0.717, 1.165) is 51.2 Å². The topological polar surface area (TPSA) is 45.6 Å². The van der Waals surface area contributed by atoms with Gasteiger partial charge in [0.1, 0.15) is 5.01 Å². The lowest BCUT2D eigenvalue weighted by Crippen LogP contribution is -2.62. The molecule has 0 amide bonds. The molecule has 2 aliphatic rings. The second-order valence-corrected chi connectivity index (χ2v) is 7.03. The minimum absolute atomic E-state index is 0.0330. The predicted molar refractivity (Wildman–Crippen MR) is 79.8 cm³/mol. The lowest BCUT2D eigenvalue weighted by Gasteiger charge is -2.56. The second kappa shape index (κ2) is 5.72. The van der Waals surface area contributed by atoms with Crippen LogP contribution in [0.15, 0.2) is 5.38 Å². The van der Waals surface area contributed by atoms with Crippen molar-refractivity contribution < 1.29 is 9.84 Å². The summed E-state index contributed by atoms with van der Waals surface area (Å²) in [7, 11) is 0. The highest BCUT2D eigenvalue weighted by atomic mass is 32.1. The summed E-state index contributed by atoms with van der Waals surface area (Å²) >= 11 is 1.75. The van der Waals surface area contributed by atoms with Gasteiger partial charge in [0, 0.05) is 29.5 Å². The van der Waals surface area contributed by atoms with E-state index in [-0.39, 0.29) is 17.6 Å². The van der Waals surface area contributed by atoms with Crippen LogP contribution < -0.4 is 0 Å². The van der Waals surface area contributed by atoms with E-state index in [4.69, 9.17) is 4.74 Å². The van der Waals surface area contributed by atoms with Gasteiger partial charge in [0.25, 0.3) is 0 Å². The van der Waals surface area contributed by atoms with Crippen molar-refractivity contribution in [3.63, 3.8) is 0 Å². The Balaban J connectivity index is 1.56. The maximum absolute atomic E-state index is 10.2. The lowest BCUT2D eigenvalue weighted by atomic mass is 9.58. The van der Waals surface area contributed by atoms with Crippen molar-refractivity contribution in [2.24, 2.45) is 5.41 Å². The fourth-order valence-corrected chi connectivity index (χ4v) is 4.42. The highest BCUT2D eigenvalue weighted by Gasteiger charge is 2.55. The van der Waals surface area contributed by atoms with Crippen LogP contribution in [0.4, 0.5) is 0 Å². The zero-order chi connectivity index (χ0) is 14.2.